The van der Waals surface area contributed by atoms with Crippen molar-refractivity contribution in [3.63, 3.8) is 0 Å². The van der Waals surface area contributed by atoms with E-state index < -0.39 is 5.91 Å². The fourth-order valence-corrected chi connectivity index (χ4v) is 2.08. The summed E-state index contributed by atoms with van der Waals surface area (Å²) in [7, 11) is 1.55. The molecule has 0 aliphatic heterocycles. The zero-order valence-electron chi connectivity index (χ0n) is 13.9. The number of nitriles is 1. The molecule has 6 heteroatoms. The van der Waals surface area contributed by atoms with E-state index in [4.69, 9.17) is 9.47 Å². The second-order valence-corrected chi connectivity index (χ2v) is 5.01. The Balaban J connectivity index is 2.20. The van der Waals surface area contributed by atoms with Gasteiger partial charge in [0.2, 0.25) is 0 Å². The molecular weight excluding hydrogens is 320 g/mol. The summed E-state index contributed by atoms with van der Waals surface area (Å²) in [6, 6.07) is 13.3. The molecule has 128 valence electrons. The highest BCUT2D eigenvalue weighted by Crippen LogP contribution is 2.27. The van der Waals surface area contributed by atoms with Gasteiger partial charge in [0.1, 0.15) is 17.4 Å². The first-order valence-corrected chi connectivity index (χ1v) is 7.60. The van der Waals surface area contributed by atoms with Crippen LogP contribution in [0.5, 0.6) is 17.2 Å². The van der Waals surface area contributed by atoms with Crippen LogP contribution < -0.4 is 14.8 Å². The number of carbonyl (C=O) groups excluding carboxylic acids is 1. The van der Waals surface area contributed by atoms with Gasteiger partial charge in [-0.3, -0.25) is 4.79 Å². The molecule has 0 radical (unpaired) electrons. The third-order valence-corrected chi connectivity index (χ3v) is 3.31. The van der Waals surface area contributed by atoms with E-state index in [0.717, 1.165) is 0 Å². The lowest BCUT2D eigenvalue weighted by atomic mass is 10.1. The number of rotatable bonds is 6. The third kappa shape index (κ3) is 4.75. The number of aromatic hydroxyl groups is 1. The van der Waals surface area contributed by atoms with Crippen molar-refractivity contribution in [3.8, 4) is 23.3 Å². The molecule has 0 saturated heterocycles. The van der Waals surface area contributed by atoms with Crippen LogP contribution >= 0.6 is 0 Å². The summed E-state index contributed by atoms with van der Waals surface area (Å²) in [5, 5.41) is 21.6. The average Bonchev–Trinajstić information content (AvgIpc) is 2.63. The van der Waals surface area contributed by atoms with Crippen molar-refractivity contribution in [2.75, 3.05) is 19.0 Å². The Labute approximate surface area is 145 Å². The van der Waals surface area contributed by atoms with Gasteiger partial charge < -0.3 is 19.9 Å². The molecule has 2 aromatic carbocycles. The molecule has 0 bridgehead atoms. The number of hydrogen-bond acceptors (Lipinski definition) is 5. The van der Waals surface area contributed by atoms with Crippen molar-refractivity contribution < 1.29 is 19.4 Å². The second-order valence-electron chi connectivity index (χ2n) is 5.01. The zero-order chi connectivity index (χ0) is 18.2. The summed E-state index contributed by atoms with van der Waals surface area (Å²) in [5.41, 5.74) is 1.05. The molecule has 2 aromatic rings. The molecule has 0 aliphatic rings. The first-order chi connectivity index (χ1) is 12.1. The molecule has 6 nitrogen and oxygen atoms in total. The van der Waals surface area contributed by atoms with Gasteiger partial charge in [-0.05, 0) is 55.0 Å². The first-order valence-electron chi connectivity index (χ1n) is 7.60. The maximum atomic E-state index is 12.3. The largest absolute Gasteiger partial charge is 0.504 e. The van der Waals surface area contributed by atoms with Crippen LogP contribution in [0.15, 0.2) is 48.0 Å². The van der Waals surface area contributed by atoms with Gasteiger partial charge in [-0.15, -0.1) is 0 Å². The number of benzene rings is 2. The third-order valence-electron chi connectivity index (χ3n) is 3.31. The molecule has 25 heavy (non-hydrogen) atoms. The molecule has 2 N–H and O–H groups in total. The van der Waals surface area contributed by atoms with Crippen LogP contribution in [0.1, 0.15) is 12.5 Å². The van der Waals surface area contributed by atoms with Gasteiger partial charge in [-0.25, -0.2) is 0 Å². The molecule has 2 rings (SSSR count). The molecule has 0 aromatic heterocycles. The van der Waals surface area contributed by atoms with E-state index in [1.54, 1.807) is 50.4 Å². The van der Waals surface area contributed by atoms with Crippen molar-refractivity contribution in [2.45, 2.75) is 6.92 Å². The van der Waals surface area contributed by atoms with Crippen LogP contribution in [0, 0.1) is 11.3 Å². The lowest BCUT2D eigenvalue weighted by Crippen LogP contribution is -2.13. The predicted molar refractivity (Wildman–Crippen MR) is 94.5 cm³/mol. The standard InChI is InChI=1S/C19H18N2O4/c1-3-25-18-11-13(4-9-17(18)22)10-14(12-20)19(23)21-15-5-7-16(24-2)8-6-15/h4-11,22H,3H2,1-2H3,(H,21,23)/b14-10-. The number of nitrogens with zero attached hydrogens (tertiary/aromatic N) is 1. The Kier molecular flexibility index (Phi) is 6.02. The van der Waals surface area contributed by atoms with Crippen LogP contribution in [0.2, 0.25) is 0 Å². The molecule has 0 atom stereocenters. The van der Waals surface area contributed by atoms with Gasteiger partial charge in [0.25, 0.3) is 5.91 Å². The molecule has 0 saturated carbocycles. The van der Waals surface area contributed by atoms with E-state index in [2.05, 4.69) is 5.32 Å². The number of phenols is 1. The number of amides is 1. The van der Waals surface area contributed by atoms with E-state index >= 15 is 0 Å². The van der Waals surface area contributed by atoms with Crippen LogP contribution in [-0.2, 0) is 4.79 Å². The van der Waals surface area contributed by atoms with Gasteiger partial charge in [0, 0.05) is 5.69 Å². The van der Waals surface area contributed by atoms with Crippen molar-refractivity contribution in [1.82, 2.24) is 0 Å². The normalized spacial score (nSPS) is 10.7. The number of hydrogen-bond donors (Lipinski definition) is 2. The van der Waals surface area contributed by atoms with E-state index in [1.165, 1.54) is 12.1 Å². The van der Waals surface area contributed by atoms with Crippen molar-refractivity contribution in [1.29, 1.82) is 5.26 Å². The lowest BCUT2D eigenvalue weighted by molar-refractivity contribution is -0.112. The van der Waals surface area contributed by atoms with Gasteiger partial charge in [0.15, 0.2) is 11.5 Å². The van der Waals surface area contributed by atoms with Crippen LogP contribution in [0.3, 0.4) is 0 Å². The molecule has 0 fully saturated rings. The minimum absolute atomic E-state index is 0.000178. The van der Waals surface area contributed by atoms with Crippen molar-refractivity contribution in [3.05, 3.63) is 53.6 Å². The summed E-state index contributed by atoms with van der Waals surface area (Å²) in [6.45, 7) is 2.19. The van der Waals surface area contributed by atoms with Gasteiger partial charge >= 0.3 is 0 Å². The van der Waals surface area contributed by atoms with E-state index in [1.807, 2.05) is 6.07 Å². The van der Waals surface area contributed by atoms with E-state index in [0.29, 0.717) is 29.4 Å². The monoisotopic (exact) mass is 338 g/mol. The minimum atomic E-state index is -0.529. The Bertz CT molecular complexity index is 820. The quantitative estimate of drug-likeness (QED) is 0.622. The summed E-state index contributed by atoms with van der Waals surface area (Å²) >= 11 is 0. The maximum absolute atomic E-state index is 12.3. The molecular formula is C19H18N2O4. The van der Waals surface area contributed by atoms with Crippen LogP contribution in [0.25, 0.3) is 6.08 Å². The molecule has 0 aliphatic carbocycles. The first kappa shape index (κ1) is 17.9. The van der Waals surface area contributed by atoms with Crippen molar-refractivity contribution >= 4 is 17.7 Å². The number of phenolic OH excluding ortho intramolecular Hbond substituents is 1. The fourth-order valence-electron chi connectivity index (χ4n) is 2.08. The summed E-state index contributed by atoms with van der Waals surface area (Å²) in [6.07, 6.45) is 1.43. The Morgan fingerprint density at radius 2 is 2.00 bits per heavy atom. The number of methoxy groups -OCH3 is 1. The Morgan fingerprint density at radius 3 is 2.60 bits per heavy atom. The highest BCUT2D eigenvalue weighted by molar-refractivity contribution is 6.09. The van der Waals surface area contributed by atoms with Gasteiger partial charge in [0.05, 0.1) is 13.7 Å². The van der Waals surface area contributed by atoms with E-state index in [9.17, 15) is 15.2 Å². The summed E-state index contributed by atoms with van der Waals surface area (Å²) < 4.78 is 10.3. The van der Waals surface area contributed by atoms with Crippen LogP contribution in [-0.4, -0.2) is 24.7 Å². The Morgan fingerprint density at radius 1 is 1.28 bits per heavy atom. The minimum Gasteiger partial charge on any atom is -0.504 e. The summed E-state index contributed by atoms with van der Waals surface area (Å²) in [5.74, 6) is 0.435. The smallest absolute Gasteiger partial charge is 0.266 e. The molecule has 0 unspecified atom stereocenters. The number of carbonyl (C=O) groups is 1. The van der Waals surface area contributed by atoms with Gasteiger partial charge in [-0.2, -0.15) is 5.26 Å². The second kappa shape index (κ2) is 8.41. The average molecular weight is 338 g/mol. The SMILES string of the molecule is CCOc1cc(/C=C(/C#N)C(=O)Nc2ccc(OC)cc2)ccc1O. The predicted octanol–water partition coefficient (Wildman–Crippen LogP) is 3.35. The number of anilines is 1. The maximum Gasteiger partial charge on any atom is 0.266 e. The molecule has 0 spiro atoms. The van der Waals surface area contributed by atoms with Crippen LogP contribution in [0.4, 0.5) is 5.69 Å². The number of ether oxygens (including phenoxy) is 2. The highest BCUT2D eigenvalue weighted by Gasteiger charge is 2.11. The lowest BCUT2D eigenvalue weighted by Gasteiger charge is -2.07. The number of nitrogens with one attached hydrogen (secondary N) is 1. The molecule has 1 amide bonds. The summed E-state index contributed by atoms with van der Waals surface area (Å²) in [4.78, 5) is 12.3. The topological polar surface area (TPSA) is 91.6 Å². The highest BCUT2D eigenvalue weighted by atomic mass is 16.5. The fraction of sp³-hybridized carbons (Fsp3) is 0.158. The molecule has 0 heterocycles. The van der Waals surface area contributed by atoms with E-state index in [-0.39, 0.29) is 11.3 Å². The Hall–Kier alpha value is -3.46. The van der Waals surface area contributed by atoms with Crippen molar-refractivity contribution in [2.24, 2.45) is 0 Å². The van der Waals surface area contributed by atoms with Gasteiger partial charge in [-0.1, -0.05) is 6.07 Å². The zero-order valence-corrected chi connectivity index (χ0v) is 13.9.